The van der Waals surface area contributed by atoms with Crippen molar-refractivity contribution in [2.45, 2.75) is 6.92 Å². The lowest BCUT2D eigenvalue weighted by atomic mass is 10.2. The van der Waals surface area contributed by atoms with Crippen molar-refractivity contribution in [3.05, 3.63) is 29.6 Å². The third kappa shape index (κ3) is 3.81. The van der Waals surface area contributed by atoms with E-state index in [-0.39, 0.29) is 19.0 Å². The fourth-order valence-electron chi connectivity index (χ4n) is 1.50. The van der Waals surface area contributed by atoms with Gasteiger partial charge < -0.3 is 14.7 Å². The largest absolute Gasteiger partial charge is 0.480 e. The van der Waals surface area contributed by atoms with Crippen molar-refractivity contribution in [1.82, 2.24) is 9.88 Å². The SMILES string of the molecule is COCCN(CC(=O)O)C(=O)c1cccnc1C. The van der Waals surface area contributed by atoms with Crippen LogP contribution < -0.4 is 0 Å². The number of aliphatic carboxylic acids is 1. The van der Waals surface area contributed by atoms with Gasteiger partial charge in [-0.3, -0.25) is 14.6 Å². The smallest absolute Gasteiger partial charge is 0.323 e. The number of hydrogen-bond acceptors (Lipinski definition) is 4. The fraction of sp³-hybridized carbons (Fsp3) is 0.417. The summed E-state index contributed by atoms with van der Waals surface area (Å²) in [5.41, 5.74) is 0.991. The highest BCUT2D eigenvalue weighted by molar-refractivity contribution is 5.96. The lowest BCUT2D eigenvalue weighted by Crippen LogP contribution is -2.38. The zero-order chi connectivity index (χ0) is 13.5. The molecule has 98 valence electrons. The number of carbonyl (C=O) groups is 2. The first-order valence-electron chi connectivity index (χ1n) is 5.48. The van der Waals surface area contributed by atoms with Gasteiger partial charge in [0.25, 0.3) is 5.91 Å². The van der Waals surface area contributed by atoms with E-state index in [9.17, 15) is 9.59 Å². The molecule has 0 radical (unpaired) electrons. The first-order chi connectivity index (χ1) is 8.56. The molecule has 1 rings (SSSR count). The van der Waals surface area contributed by atoms with Crippen LogP contribution in [0, 0.1) is 6.92 Å². The molecule has 0 spiro atoms. The molecule has 1 N–H and O–H groups in total. The summed E-state index contributed by atoms with van der Waals surface area (Å²) >= 11 is 0. The van der Waals surface area contributed by atoms with E-state index in [4.69, 9.17) is 9.84 Å². The molecular formula is C12H16N2O4. The van der Waals surface area contributed by atoms with Crippen LogP contribution in [0.25, 0.3) is 0 Å². The van der Waals surface area contributed by atoms with Gasteiger partial charge in [0.1, 0.15) is 6.54 Å². The molecular weight excluding hydrogens is 236 g/mol. The Hall–Kier alpha value is -1.95. The van der Waals surface area contributed by atoms with Gasteiger partial charge in [-0.15, -0.1) is 0 Å². The number of carboxylic acid groups (broad SMARTS) is 1. The second kappa shape index (κ2) is 6.70. The average molecular weight is 252 g/mol. The minimum absolute atomic E-state index is 0.232. The Morgan fingerprint density at radius 2 is 2.22 bits per heavy atom. The molecule has 0 aromatic carbocycles. The van der Waals surface area contributed by atoms with Crippen LogP contribution in [-0.2, 0) is 9.53 Å². The standard InChI is InChI=1S/C12H16N2O4/c1-9-10(4-3-5-13-9)12(17)14(6-7-18-2)8-11(15)16/h3-5H,6-8H2,1-2H3,(H,15,16). The maximum Gasteiger partial charge on any atom is 0.323 e. The van der Waals surface area contributed by atoms with E-state index in [0.717, 1.165) is 0 Å². The van der Waals surface area contributed by atoms with Crippen molar-refractivity contribution in [2.75, 3.05) is 26.8 Å². The normalized spacial score (nSPS) is 10.1. The van der Waals surface area contributed by atoms with Gasteiger partial charge in [0, 0.05) is 25.5 Å². The van der Waals surface area contributed by atoms with Gasteiger partial charge in [-0.25, -0.2) is 0 Å². The predicted octanol–water partition coefficient (Wildman–Crippen LogP) is 0.563. The molecule has 0 unspecified atom stereocenters. The molecule has 18 heavy (non-hydrogen) atoms. The molecule has 0 aliphatic carbocycles. The molecule has 1 heterocycles. The molecule has 1 aromatic heterocycles. The Labute approximate surface area is 105 Å². The third-order valence-corrected chi connectivity index (χ3v) is 2.42. The molecule has 0 bridgehead atoms. The van der Waals surface area contributed by atoms with E-state index >= 15 is 0 Å². The zero-order valence-corrected chi connectivity index (χ0v) is 10.4. The highest BCUT2D eigenvalue weighted by Crippen LogP contribution is 2.08. The lowest BCUT2D eigenvalue weighted by Gasteiger charge is -2.20. The summed E-state index contributed by atoms with van der Waals surface area (Å²) in [6, 6.07) is 3.28. The highest BCUT2D eigenvalue weighted by atomic mass is 16.5. The Balaban J connectivity index is 2.87. The number of carbonyl (C=O) groups excluding carboxylic acids is 1. The van der Waals surface area contributed by atoms with Crippen molar-refractivity contribution < 1.29 is 19.4 Å². The lowest BCUT2D eigenvalue weighted by molar-refractivity contribution is -0.137. The van der Waals surface area contributed by atoms with Crippen LogP contribution in [0.5, 0.6) is 0 Å². The molecule has 6 heteroatoms. The van der Waals surface area contributed by atoms with E-state index in [2.05, 4.69) is 4.98 Å². The number of hydrogen-bond donors (Lipinski definition) is 1. The Morgan fingerprint density at radius 1 is 1.50 bits per heavy atom. The maximum absolute atomic E-state index is 12.2. The monoisotopic (exact) mass is 252 g/mol. The molecule has 0 fully saturated rings. The van der Waals surface area contributed by atoms with Gasteiger partial charge in [-0.05, 0) is 19.1 Å². The van der Waals surface area contributed by atoms with E-state index in [1.807, 2.05) is 0 Å². The van der Waals surface area contributed by atoms with E-state index < -0.39 is 5.97 Å². The summed E-state index contributed by atoms with van der Waals surface area (Å²) in [6.07, 6.45) is 1.59. The number of amides is 1. The molecule has 6 nitrogen and oxygen atoms in total. The van der Waals surface area contributed by atoms with E-state index in [1.54, 1.807) is 25.3 Å². The fourth-order valence-corrected chi connectivity index (χ4v) is 1.50. The van der Waals surface area contributed by atoms with E-state index in [1.165, 1.54) is 12.0 Å². The predicted molar refractivity (Wildman–Crippen MR) is 64.4 cm³/mol. The number of carboxylic acids is 1. The van der Waals surface area contributed by atoms with Crippen LogP contribution in [0.3, 0.4) is 0 Å². The number of rotatable bonds is 6. The molecule has 0 atom stereocenters. The molecule has 0 saturated carbocycles. The number of pyridine rings is 1. The minimum atomic E-state index is -1.05. The quantitative estimate of drug-likeness (QED) is 0.800. The van der Waals surface area contributed by atoms with Crippen molar-refractivity contribution in [3.63, 3.8) is 0 Å². The Morgan fingerprint density at radius 3 is 2.78 bits per heavy atom. The van der Waals surface area contributed by atoms with Crippen LogP contribution in [0.1, 0.15) is 16.1 Å². The van der Waals surface area contributed by atoms with Gasteiger partial charge in [0.15, 0.2) is 0 Å². The summed E-state index contributed by atoms with van der Waals surface area (Å²) < 4.78 is 4.87. The van der Waals surface area contributed by atoms with Gasteiger partial charge >= 0.3 is 5.97 Å². The molecule has 0 saturated heterocycles. The summed E-state index contributed by atoms with van der Waals surface area (Å²) in [5, 5.41) is 8.80. The van der Waals surface area contributed by atoms with Crippen molar-refractivity contribution >= 4 is 11.9 Å². The summed E-state index contributed by atoms with van der Waals surface area (Å²) in [6.45, 7) is 1.88. The molecule has 0 aliphatic heterocycles. The van der Waals surface area contributed by atoms with Crippen molar-refractivity contribution in [2.24, 2.45) is 0 Å². The average Bonchev–Trinajstić information content (AvgIpc) is 2.34. The first-order valence-corrected chi connectivity index (χ1v) is 5.48. The number of aryl methyl sites for hydroxylation is 1. The van der Waals surface area contributed by atoms with Crippen molar-refractivity contribution in [1.29, 1.82) is 0 Å². The summed E-state index contributed by atoms with van der Waals surface area (Å²) in [7, 11) is 1.50. The topological polar surface area (TPSA) is 79.7 Å². The number of ether oxygens (including phenoxy) is 1. The van der Waals surface area contributed by atoms with E-state index in [0.29, 0.717) is 17.9 Å². The molecule has 0 aliphatic rings. The van der Waals surface area contributed by atoms with Gasteiger partial charge in [0.05, 0.1) is 12.2 Å². The molecule has 1 amide bonds. The van der Waals surface area contributed by atoms with Gasteiger partial charge in [0.2, 0.25) is 0 Å². The Bertz CT molecular complexity index is 434. The third-order valence-electron chi connectivity index (χ3n) is 2.42. The van der Waals surface area contributed by atoms with Gasteiger partial charge in [-0.1, -0.05) is 0 Å². The van der Waals surface area contributed by atoms with Crippen LogP contribution in [-0.4, -0.2) is 53.7 Å². The number of nitrogens with zero attached hydrogens (tertiary/aromatic N) is 2. The van der Waals surface area contributed by atoms with Crippen molar-refractivity contribution in [3.8, 4) is 0 Å². The highest BCUT2D eigenvalue weighted by Gasteiger charge is 2.19. The Kier molecular flexibility index (Phi) is 5.26. The van der Waals surface area contributed by atoms with Crippen LogP contribution >= 0.6 is 0 Å². The zero-order valence-electron chi connectivity index (χ0n) is 10.4. The number of methoxy groups -OCH3 is 1. The summed E-state index contributed by atoms with van der Waals surface area (Å²) in [5.74, 6) is -1.40. The van der Waals surface area contributed by atoms with Crippen LogP contribution in [0.4, 0.5) is 0 Å². The van der Waals surface area contributed by atoms with Gasteiger partial charge in [-0.2, -0.15) is 0 Å². The minimum Gasteiger partial charge on any atom is -0.480 e. The number of aromatic nitrogens is 1. The van der Waals surface area contributed by atoms with Crippen LogP contribution in [0.15, 0.2) is 18.3 Å². The molecule has 1 aromatic rings. The summed E-state index contributed by atoms with van der Waals surface area (Å²) in [4.78, 5) is 28.2. The second-order valence-corrected chi connectivity index (χ2v) is 3.75. The second-order valence-electron chi connectivity index (χ2n) is 3.75. The first kappa shape index (κ1) is 14.1. The maximum atomic E-state index is 12.2. The van der Waals surface area contributed by atoms with Crippen LogP contribution in [0.2, 0.25) is 0 Å².